The summed E-state index contributed by atoms with van der Waals surface area (Å²) in [4.78, 5) is 11.9. The molecule has 0 aliphatic heterocycles. The van der Waals surface area contributed by atoms with Crippen molar-refractivity contribution in [3.63, 3.8) is 0 Å². The second-order valence-corrected chi connectivity index (χ2v) is 6.26. The molecule has 0 fully saturated rings. The normalized spacial score (nSPS) is 13.5. The lowest BCUT2D eigenvalue weighted by Gasteiger charge is -2.22. The number of hydrogen-bond donors (Lipinski definition) is 2. The molecule has 1 aromatic rings. The Balaban J connectivity index is 0.00000576. The molecule has 1 amide bonds. The molecular formula is C16H24ClF3N2O2S. The SMILES string of the molecule is CCC(CNC(=O)[C@@H](N)CCSC)Oc1ccccc1C(F)(F)F.Cl. The molecule has 2 atom stereocenters. The van der Waals surface area contributed by atoms with E-state index in [1.165, 1.54) is 18.2 Å². The molecule has 3 N–H and O–H groups in total. The number of halogens is 4. The van der Waals surface area contributed by atoms with Crippen LogP contribution in [0.3, 0.4) is 0 Å². The largest absolute Gasteiger partial charge is 0.488 e. The zero-order chi connectivity index (χ0) is 18.2. The Bertz CT molecular complexity index is 532. The maximum atomic E-state index is 13.0. The maximum Gasteiger partial charge on any atom is 0.419 e. The number of ether oxygens (including phenoxy) is 1. The highest BCUT2D eigenvalue weighted by molar-refractivity contribution is 7.98. The predicted molar refractivity (Wildman–Crippen MR) is 97.4 cm³/mol. The number of alkyl halides is 3. The van der Waals surface area contributed by atoms with Crippen molar-refractivity contribution < 1.29 is 22.7 Å². The molecule has 144 valence electrons. The molecule has 0 spiro atoms. The first-order valence-electron chi connectivity index (χ1n) is 7.64. The van der Waals surface area contributed by atoms with Crippen LogP contribution in [0.1, 0.15) is 25.3 Å². The molecule has 0 saturated heterocycles. The Labute approximate surface area is 156 Å². The van der Waals surface area contributed by atoms with Gasteiger partial charge in [-0.25, -0.2) is 0 Å². The van der Waals surface area contributed by atoms with Crippen molar-refractivity contribution in [2.45, 2.75) is 38.1 Å². The topological polar surface area (TPSA) is 64.4 Å². The van der Waals surface area contributed by atoms with E-state index in [4.69, 9.17) is 10.5 Å². The number of carbonyl (C=O) groups is 1. The van der Waals surface area contributed by atoms with Crippen LogP contribution in [-0.2, 0) is 11.0 Å². The van der Waals surface area contributed by atoms with Crippen molar-refractivity contribution >= 4 is 30.1 Å². The fraction of sp³-hybridized carbons (Fsp3) is 0.562. The molecule has 4 nitrogen and oxygen atoms in total. The summed E-state index contributed by atoms with van der Waals surface area (Å²) in [5, 5.41) is 2.64. The molecule has 1 aromatic carbocycles. The number of carbonyl (C=O) groups excluding carboxylic acids is 1. The average Bonchev–Trinajstić information content (AvgIpc) is 2.55. The smallest absolute Gasteiger partial charge is 0.419 e. The van der Waals surface area contributed by atoms with Crippen LogP contribution in [0, 0.1) is 0 Å². The number of benzene rings is 1. The molecule has 25 heavy (non-hydrogen) atoms. The van der Waals surface area contributed by atoms with Gasteiger partial charge in [-0.1, -0.05) is 19.1 Å². The summed E-state index contributed by atoms with van der Waals surface area (Å²) in [6.45, 7) is 1.88. The van der Waals surface area contributed by atoms with Crippen molar-refractivity contribution in [2.75, 3.05) is 18.6 Å². The number of hydrogen-bond acceptors (Lipinski definition) is 4. The van der Waals surface area contributed by atoms with E-state index in [9.17, 15) is 18.0 Å². The summed E-state index contributed by atoms with van der Waals surface area (Å²) in [5.74, 6) is 0.203. The zero-order valence-electron chi connectivity index (χ0n) is 14.1. The minimum Gasteiger partial charge on any atom is -0.488 e. The van der Waals surface area contributed by atoms with E-state index in [2.05, 4.69) is 5.32 Å². The minimum absolute atomic E-state index is 0. The molecular weight excluding hydrogens is 377 g/mol. The van der Waals surface area contributed by atoms with Gasteiger partial charge in [-0.3, -0.25) is 4.79 Å². The van der Waals surface area contributed by atoms with Gasteiger partial charge in [0.1, 0.15) is 11.9 Å². The van der Waals surface area contributed by atoms with Gasteiger partial charge in [0.2, 0.25) is 5.91 Å². The third kappa shape index (κ3) is 8.20. The number of nitrogens with one attached hydrogen (secondary N) is 1. The first-order chi connectivity index (χ1) is 11.3. The first-order valence-corrected chi connectivity index (χ1v) is 9.04. The first kappa shape index (κ1) is 23.9. The Morgan fingerprint density at radius 3 is 2.56 bits per heavy atom. The van der Waals surface area contributed by atoms with Gasteiger partial charge in [0.15, 0.2) is 0 Å². The van der Waals surface area contributed by atoms with Crippen molar-refractivity contribution in [3.05, 3.63) is 29.8 Å². The van der Waals surface area contributed by atoms with Gasteiger partial charge in [0.05, 0.1) is 18.2 Å². The van der Waals surface area contributed by atoms with Crippen LogP contribution in [-0.4, -0.2) is 36.6 Å². The van der Waals surface area contributed by atoms with Crippen molar-refractivity contribution in [1.29, 1.82) is 0 Å². The Kier molecular flexibility index (Phi) is 11.0. The Morgan fingerprint density at radius 1 is 1.36 bits per heavy atom. The van der Waals surface area contributed by atoms with Crippen molar-refractivity contribution in [2.24, 2.45) is 5.73 Å². The molecule has 1 rings (SSSR count). The summed E-state index contributed by atoms with van der Waals surface area (Å²) in [6.07, 6.45) is -2.14. The quantitative estimate of drug-likeness (QED) is 0.666. The molecule has 0 aliphatic rings. The second kappa shape index (κ2) is 11.5. The van der Waals surface area contributed by atoms with E-state index in [0.29, 0.717) is 12.8 Å². The number of para-hydroxylation sites is 1. The van der Waals surface area contributed by atoms with Crippen LogP contribution in [0.5, 0.6) is 5.75 Å². The number of rotatable bonds is 9. The van der Waals surface area contributed by atoms with E-state index in [1.54, 1.807) is 18.7 Å². The van der Waals surface area contributed by atoms with Gasteiger partial charge in [0, 0.05) is 0 Å². The molecule has 0 bridgehead atoms. The number of nitrogens with two attached hydrogens (primary N) is 1. The van der Waals surface area contributed by atoms with Crippen molar-refractivity contribution in [1.82, 2.24) is 5.32 Å². The van der Waals surface area contributed by atoms with Gasteiger partial charge in [-0.05, 0) is 37.0 Å². The maximum absolute atomic E-state index is 13.0. The second-order valence-electron chi connectivity index (χ2n) is 5.28. The monoisotopic (exact) mass is 400 g/mol. The summed E-state index contributed by atoms with van der Waals surface area (Å²) in [7, 11) is 0. The number of amides is 1. The molecule has 0 aliphatic carbocycles. The third-order valence-electron chi connectivity index (χ3n) is 3.42. The molecule has 0 radical (unpaired) electrons. The van der Waals surface area contributed by atoms with Gasteiger partial charge >= 0.3 is 6.18 Å². The van der Waals surface area contributed by atoms with Crippen molar-refractivity contribution in [3.8, 4) is 5.75 Å². The van der Waals surface area contributed by atoms with E-state index in [-0.39, 0.29) is 30.6 Å². The van der Waals surface area contributed by atoms with E-state index < -0.39 is 23.9 Å². The molecule has 9 heteroatoms. The van der Waals surface area contributed by atoms with Gasteiger partial charge in [-0.2, -0.15) is 24.9 Å². The highest BCUT2D eigenvalue weighted by atomic mass is 35.5. The summed E-state index contributed by atoms with van der Waals surface area (Å²) in [5.41, 5.74) is 4.92. The zero-order valence-corrected chi connectivity index (χ0v) is 15.8. The molecule has 0 aromatic heterocycles. The molecule has 0 saturated carbocycles. The van der Waals surface area contributed by atoms with E-state index in [1.807, 2.05) is 6.26 Å². The van der Waals surface area contributed by atoms with Crippen LogP contribution >= 0.6 is 24.2 Å². The van der Waals surface area contributed by atoms with Gasteiger partial charge in [-0.15, -0.1) is 12.4 Å². The van der Waals surface area contributed by atoms with Crippen LogP contribution in [0.4, 0.5) is 13.2 Å². The fourth-order valence-corrected chi connectivity index (χ4v) is 2.46. The third-order valence-corrected chi connectivity index (χ3v) is 4.06. The lowest BCUT2D eigenvalue weighted by atomic mass is 10.2. The summed E-state index contributed by atoms with van der Waals surface area (Å²) < 4.78 is 44.4. The Hall–Kier alpha value is -1.12. The predicted octanol–water partition coefficient (Wildman–Crippen LogP) is 3.48. The van der Waals surface area contributed by atoms with Crippen LogP contribution in [0.2, 0.25) is 0 Å². The van der Waals surface area contributed by atoms with Crippen LogP contribution in [0.25, 0.3) is 0 Å². The van der Waals surface area contributed by atoms with Gasteiger partial charge in [0.25, 0.3) is 0 Å². The molecule has 0 heterocycles. The minimum atomic E-state index is -4.49. The molecule has 1 unspecified atom stereocenters. The van der Waals surface area contributed by atoms with Crippen LogP contribution in [0.15, 0.2) is 24.3 Å². The van der Waals surface area contributed by atoms with Gasteiger partial charge < -0.3 is 15.8 Å². The fourth-order valence-electron chi connectivity index (χ4n) is 1.97. The highest BCUT2D eigenvalue weighted by Crippen LogP contribution is 2.36. The lowest BCUT2D eigenvalue weighted by molar-refractivity contribution is -0.139. The van der Waals surface area contributed by atoms with Crippen LogP contribution < -0.4 is 15.8 Å². The van der Waals surface area contributed by atoms with E-state index in [0.717, 1.165) is 11.8 Å². The van der Waals surface area contributed by atoms with E-state index >= 15 is 0 Å². The lowest BCUT2D eigenvalue weighted by Crippen LogP contribution is -2.44. The Morgan fingerprint density at radius 2 is 2.00 bits per heavy atom. The average molecular weight is 401 g/mol. The summed E-state index contributed by atoms with van der Waals surface area (Å²) in [6, 6.07) is 4.41. The number of thioether (sulfide) groups is 1. The standard InChI is InChI=1S/C16H23F3N2O2S.ClH/c1-3-11(10-21-15(22)13(20)8-9-24-2)23-14-7-5-4-6-12(14)16(17,18)19;/h4-7,11,13H,3,8-10,20H2,1-2H3,(H,21,22);1H/t11?,13-;/m0./s1. The highest BCUT2D eigenvalue weighted by Gasteiger charge is 2.34. The summed E-state index contributed by atoms with van der Waals surface area (Å²) >= 11 is 1.59.